The summed E-state index contributed by atoms with van der Waals surface area (Å²) < 4.78 is 0. The van der Waals surface area contributed by atoms with Crippen molar-refractivity contribution in [3.05, 3.63) is 44.2 Å². The van der Waals surface area contributed by atoms with Gasteiger partial charge in [-0.1, -0.05) is 0 Å². The maximum atomic E-state index is 11.2. The molecule has 4 N–H and O–H groups in total. The SMILES string of the molecule is Cc1cc(=O)[nH]c(NCNc2nc(C)cc(=O)[nH]2)n1. The fourth-order valence-corrected chi connectivity index (χ4v) is 1.54. The minimum atomic E-state index is -0.225. The van der Waals surface area contributed by atoms with E-state index in [-0.39, 0.29) is 17.8 Å². The zero-order chi connectivity index (χ0) is 13.8. The molecule has 2 aromatic rings. The molecule has 100 valence electrons. The summed E-state index contributed by atoms with van der Waals surface area (Å²) in [5, 5.41) is 5.75. The van der Waals surface area contributed by atoms with Gasteiger partial charge >= 0.3 is 0 Å². The van der Waals surface area contributed by atoms with Crippen LogP contribution in [0.2, 0.25) is 0 Å². The van der Waals surface area contributed by atoms with Gasteiger partial charge in [0.15, 0.2) is 0 Å². The molecule has 0 saturated heterocycles. The number of aryl methyl sites for hydroxylation is 2. The van der Waals surface area contributed by atoms with Crippen LogP contribution in [0.4, 0.5) is 11.9 Å². The first-order valence-electron chi connectivity index (χ1n) is 5.66. The van der Waals surface area contributed by atoms with E-state index in [0.29, 0.717) is 23.3 Å². The van der Waals surface area contributed by atoms with Gasteiger partial charge in [0.25, 0.3) is 11.1 Å². The normalized spacial score (nSPS) is 10.2. The zero-order valence-corrected chi connectivity index (χ0v) is 10.6. The van der Waals surface area contributed by atoms with Gasteiger partial charge in [0.05, 0.1) is 6.67 Å². The monoisotopic (exact) mass is 262 g/mol. The molecule has 0 bridgehead atoms. The van der Waals surface area contributed by atoms with E-state index < -0.39 is 0 Å². The lowest BCUT2D eigenvalue weighted by Crippen LogP contribution is -2.20. The van der Waals surface area contributed by atoms with Crippen LogP contribution in [-0.4, -0.2) is 26.6 Å². The van der Waals surface area contributed by atoms with Crippen molar-refractivity contribution in [1.29, 1.82) is 0 Å². The Bertz CT molecular complexity index is 631. The highest BCUT2D eigenvalue weighted by Crippen LogP contribution is 1.97. The molecule has 0 saturated carbocycles. The number of hydrogen-bond acceptors (Lipinski definition) is 6. The fraction of sp³-hybridized carbons (Fsp3) is 0.273. The minimum absolute atomic E-state index is 0.225. The Kier molecular flexibility index (Phi) is 3.60. The van der Waals surface area contributed by atoms with Crippen molar-refractivity contribution >= 4 is 11.9 Å². The van der Waals surface area contributed by atoms with Crippen molar-refractivity contribution in [3.8, 4) is 0 Å². The van der Waals surface area contributed by atoms with Crippen LogP contribution in [0.25, 0.3) is 0 Å². The van der Waals surface area contributed by atoms with Gasteiger partial charge in [0.2, 0.25) is 11.9 Å². The quantitative estimate of drug-likeness (QED) is 0.574. The number of nitrogens with zero attached hydrogens (tertiary/aromatic N) is 2. The highest BCUT2D eigenvalue weighted by Gasteiger charge is 1.99. The molecule has 0 aromatic carbocycles. The average molecular weight is 262 g/mol. The van der Waals surface area contributed by atoms with Gasteiger partial charge in [0, 0.05) is 23.5 Å². The zero-order valence-electron chi connectivity index (χ0n) is 10.6. The van der Waals surface area contributed by atoms with E-state index in [2.05, 4.69) is 30.6 Å². The van der Waals surface area contributed by atoms with Crippen molar-refractivity contribution < 1.29 is 0 Å². The topological polar surface area (TPSA) is 116 Å². The number of aromatic nitrogens is 4. The first kappa shape index (κ1) is 12.8. The smallest absolute Gasteiger partial charge is 0.252 e. The standard InChI is InChI=1S/C11H14N6O2/c1-6-3-8(18)16-10(14-6)12-5-13-11-15-7(2)4-9(19)17-11/h3-4H,5H2,1-2H3,(H2,12,14,16,18)(H2,13,15,17,19). The van der Waals surface area contributed by atoms with Crippen molar-refractivity contribution in [2.75, 3.05) is 17.3 Å². The third-order valence-corrected chi connectivity index (χ3v) is 2.25. The predicted octanol–water partition coefficient (Wildman–Crippen LogP) is -0.0485. The van der Waals surface area contributed by atoms with Crippen molar-refractivity contribution in [2.45, 2.75) is 13.8 Å². The van der Waals surface area contributed by atoms with E-state index >= 15 is 0 Å². The van der Waals surface area contributed by atoms with E-state index in [1.54, 1.807) is 13.8 Å². The summed E-state index contributed by atoms with van der Waals surface area (Å²) in [6.45, 7) is 3.72. The van der Waals surface area contributed by atoms with Gasteiger partial charge in [-0.15, -0.1) is 0 Å². The molecule has 2 aromatic heterocycles. The van der Waals surface area contributed by atoms with Gasteiger partial charge in [-0.2, -0.15) is 0 Å². The first-order chi connectivity index (χ1) is 9.02. The largest absolute Gasteiger partial charge is 0.338 e. The summed E-state index contributed by atoms with van der Waals surface area (Å²) >= 11 is 0. The number of hydrogen-bond donors (Lipinski definition) is 4. The molecule has 8 heteroatoms. The lowest BCUT2D eigenvalue weighted by molar-refractivity contribution is 0.997. The second kappa shape index (κ2) is 5.34. The molecule has 2 heterocycles. The Hall–Kier alpha value is -2.64. The van der Waals surface area contributed by atoms with Crippen LogP contribution >= 0.6 is 0 Å². The van der Waals surface area contributed by atoms with Crippen LogP contribution in [0, 0.1) is 13.8 Å². The second-order valence-corrected chi connectivity index (χ2v) is 4.00. The van der Waals surface area contributed by atoms with Gasteiger partial charge in [-0.3, -0.25) is 19.6 Å². The van der Waals surface area contributed by atoms with Gasteiger partial charge < -0.3 is 10.6 Å². The maximum absolute atomic E-state index is 11.2. The van der Waals surface area contributed by atoms with Crippen LogP contribution < -0.4 is 21.8 Å². The Morgan fingerprint density at radius 3 is 1.74 bits per heavy atom. The molecule has 0 amide bonds. The van der Waals surface area contributed by atoms with E-state index in [0.717, 1.165) is 0 Å². The number of H-pyrrole nitrogens is 2. The molecule has 0 spiro atoms. The molecule has 0 unspecified atom stereocenters. The molecule has 0 radical (unpaired) electrons. The molecular weight excluding hydrogens is 248 g/mol. The molecular formula is C11H14N6O2. The summed E-state index contributed by atoms with van der Waals surface area (Å²) in [4.78, 5) is 35.7. The van der Waals surface area contributed by atoms with E-state index in [1.165, 1.54) is 12.1 Å². The van der Waals surface area contributed by atoms with Crippen molar-refractivity contribution in [3.63, 3.8) is 0 Å². The molecule has 2 rings (SSSR count). The van der Waals surface area contributed by atoms with E-state index in [4.69, 9.17) is 0 Å². The summed E-state index contributed by atoms with van der Waals surface area (Å²) in [5.41, 5.74) is 0.788. The lowest BCUT2D eigenvalue weighted by Gasteiger charge is -2.08. The summed E-state index contributed by atoms with van der Waals surface area (Å²) in [6, 6.07) is 2.80. The van der Waals surface area contributed by atoms with Crippen LogP contribution in [0.3, 0.4) is 0 Å². The molecule has 19 heavy (non-hydrogen) atoms. The average Bonchev–Trinajstić information content (AvgIpc) is 2.26. The summed E-state index contributed by atoms with van der Waals surface area (Å²) in [5.74, 6) is 0.708. The lowest BCUT2D eigenvalue weighted by atomic mass is 10.4. The summed E-state index contributed by atoms with van der Waals surface area (Å²) in [7, 11) is 0. The fourth-order valence-electron chi connectivity index (χ4n) is 1.54. The van der Waals surface area contributed by atoms with E-state index in [9.17, 15) is 9.59 Å². The number of anilines is 2. The van der Waals surface area contributed by atoms with Gasteiger partial charge in [-0.25, -0.2) is 9.97 Å². The first-order valence-corrected chi connectivity index (χ1v) is 5.66. The number of aromatic amines is 2. The second-order valence-electron chi connectivity index (χ2n) is 4.00. The minimum Gasteiger partial charge on any atom is -0.338 e. The Balaban J connectivity index is 2.00. The molecule has 0 aliphatic heterocycles. The highest BCUT2D eigenvalue weighted by atomic mass is 16.1. The van der Waals surface area contributed by atoms with Crippen molar-refractivity contribution in [2.24, 2.45) is 0 Å². The van der Waals surface area contributed by atoms with Gasteiger partial charge in [0.1, 0.15) is 0 Å². The third kappa shape index (κ3) is 3.66. The summed E-state index contributed by atoms with van der Waals surface area (Å²) in [6.07, 6.45) is 0. The molecule has 0 atom stereocenters. The Morgan fingerprint density at radius 2 is 1.37 bits per heavy atom. The highest BCUT2D eigenvalue weighted by molar-refractivity contribution is 5.30. The number of nitrogens with one attached hydrogen (secondary N) is 4. The third-order valence-electron chi connectivity index (χ3n) is 2.25. The Morgan fingerprint density at radius 1 is 0.947 bits per heavy atom. The molecule has 8 nitrogen and oxygen atoms in total. The van der Waals surface area contributed by atoms with Crippen LogP contribution in [0.5, 0.6) is 0 Å². The Labute approximate surface area is 108 Å². The van der Waals surface area contributed by atoms with Crippen LogP contribution in [0.15, 0.2) is 21.7 Å². The molecule has 0 fully saturated rings. The molecule has 0 aliphatic rings. The molecule has 0 aliphatic carbocycles. The maximum Gasteiger partial charge on any atom is 0.252 e. The van der Waals surface area contributed by atoms with E-state index in [1.807, 2.05) is 0 Å². The predicted molar refractivity (Wildman–Crippen MR) is 71.3 cm³/mol. The van der Waals surface area contributed by atoms with Crippen molar-refractivity contribution in [1.82, 2.24) is 19.9 Å². The van der Waals surface area contributed by atoms with Crippen LogP contribution in [0.1, 0.15) is 11.4 Å². The van der Waals surface area contributed by atoms with Crippen LogP contribution in [-0.2, 0) is 0 Å². The van der Waals surface area contributed by atoms with Gasteiger partial charge in [-0.05, 0) is 13.8 Å². The number of rotatable bonds is 4.